The highest BCUT2D eigenvalue weighted by atomic mass is 79.9. The first-order valence-corrected chi connectivity index (χ1v) is 8.07. The van der Waals surface area contributed by atoms with Crippen LogP contribution >= 0.6 is 15.9 Å². The zero-order valence-electron chi connectivity index (χ0n) is 12.4. The Morgan fingerprint density at radius 1 is 0.870 bits per heavy atom. The van der Waals surface area contributed by atoms with Crippen LogP contribution in [0.1, 0.15) is 15.9 Å². The highest BCUT2D eigenvalue weighted by Crippen LogP contribution is 2.31. The second-order valence-corrected chi connectivity index (χ2v) is 6.01. The van der Waals surface area contributed by atoms with E-state index in [1.807, 2.05) is 72.8 Å². The van der Waals surface area contributed by atoms with Crippen molar-refractivity contribution in [1.29, 1.82) is 0 Å². The largest absolute Gasteiger partial charge is 0.488 e. The number of halogens is 1. The summed E-state index contributed by atoms with van der Waals surface area (Å²) in [5.74, 6) is 0.797. The van der Waals surface area contributed by atoms with E-state index in [0.29, 0.717) is 12.2 Å². The van der Waals surface area contributed by atoms with Crippen LogP contribution in [0.2, 0.25) is 0 Å². The lowest BCUT2D eigenvalue weighted by molar-refractivity contribution is 0.112. The maximum atomic E-state index is 10.7. The normalized spacial score (nSPS) is 10.3. The van der Waals surface area contributed by atoms with Crippen LogP contribution in [0.3, 0.4) is 0 Å². The van der Waals surface area contributed by atoms with E-state index in [0.717, 1.165) is 33.2 Å². The summed E-state index contributed by atoms with van der Waals surface area (Å²) in [5.41, 5.74) is 3.90. The van der Waals surface area contributed by atoms with Crippen molar-refractivity contribution in [2.24, 2.45) is 0 Å². The van der Waals surface area contributed by atoms with E-state index in [1.54, 1.807) is 0 Å². The average Bonchev–Trinajstić information content (AvgIpc) is 2.62. The highest BCUT2D eigenvalue weighted by molar-refractivity contribution is 9.10. The van der Waals surface area contributed by atoms with E-state index in [2.05, 4.69) is 15.9 Å². The molecule has 114 valence electrons. The molecule has 0 saturated heterocycles. The molecule has 3 aromatic rings. The maximum absolute atomic E-state index is 10.7. The Morgan fingerprint density at radius 3 is 2.26 bits per heavy atom. The third-order valence-electron chi connectivity index (χ3n) is 3.55. The van der Waals surface area contributed by atoms with E-state index in [-0.39, 0.29) is 0 Å². The molecule has 0 aliphatic carbocycles. The zero-order chi connectivity index (χ0) is 16.1. The van der Waals surface area contributed by atoms with Crippen molar-refractivity contribution in [3.8, 4) is 16.9 Å². The molecule has 0 aromatic heterocycles. The Morgan fingerprint density at radius 2 is 1.57 bits per heavy atom. The van der Waals surface area contributed by atoms with Gasteiger partial charge in [-0.2, -0.15) is 0 Å². The number of benzene rings is 3. The van der Waals surface area contributed by atoms with E-state index < -0.39 is 0 Å². The predicted molar refractivity (Wildman–Crippen MR) is 95.7 cm³/mol. The quantitative estimate of drug-likeness (QED) is 0.556. The van der Waals surface area contributed by atoms with Crippen LogP contribution in [0.4, 0.5) is 0 Å². The van der Waals surface area contributed by atoms with Crippen molar-refractivity contribution >= 4 is 22.2 Å². The highest BCUT2D eigenvalue weighted by Gasteiger charge is 2.06. The van der Waals surface area contributed by atoms with Gasteiger partial charge in [0.1, 0.15) is 18.6 Å². The van der Waals surface area contributed by atoms with Crippen molar-refractivity contribution in [2.45, 2.75) is 6.61 Å². The van der Waals surface area contributed by atoms with Crippen LogP contribution in [0.5, 0.6) is 5.75 Å². The lowest BCUT2D eigenvalue weighted by atomic mass is 10.0. The molecule has 3 aromatic carbocycles. The molecule has 3 rings (SSSR count). The molecule has 0 bridgehead atoms. The fraction of sp³-hybridized carbons (Fsp3) is 0.0500. The molecule has 2 nitrogen and oxygen atoms in total. The Kier molecular flexibility index (Phi) is 4.89. The molecule has 0 saturated carbocycles. The topological polar surface area (TPSA) is 26.3 Å². The van der Waals surface area contributed by atoms with Gasteiger partial charge in [-0.3, -0.25) is 4.79 Å². The van der Waals surface area contributed by atoms with Gasteiger partial charge in [0.25, 0.3) is 0 Å². The summed E-state index contributed by atoms with van der Waals surface area (Å²) in [4.78, 5) is 10.7. The first-order valence-electron chi connectivity index (χ1n) is 7.28. The fourth-order valence-corrected chi connectivity index (χ4v) is 2.64. The Labute approximate surface area is 143 Å². The minimum absolute atomic E-state index is 0.521. The van der Waals surface area contributed by atoms with Gasteiger partial charge in [-0.1, -0.05) is 60.7 Å². The van der Waals surface area contributed by atoms with Gasteiger partial charge in [-0.05, 0) is 44.8 Å². The summed E-state index contributed by atoms with van der Waals surface area (Å²) in [5, 5.41) is 0. The van der Waals surface area contributed by atoms with Crippen LogP contribution in [-0.4, -0.2) is 6.29 Å². The number of ether oxygens (including phenoxy) is 1. The molecule has 0 radical (unpaired) electrons. The summed E-state index contributed by atoms with van der Waals surface area (Å²) in [6, 6.07) is 23.6. The van der Waals surface area contributed by atoms with Crippen molar-refractivity contribution in [1.82, 2.24) is 0 Å². The Balaban J connectivity index is 1.82. The molecular weight excluding hydrogens is 352 g/mol. The summed E-state index contributed by atoms with van der Waals surface area (Å²) in [6.45, 7) is 0.521. The SMILES string of the molecule is O=Cc1ccc(-c2ccc(Br)c(OCc3ccccc3)c2)cc1. The van der Waals surface area contributed by atoms with Crippen LogP contribution in [-0.2, 0) is 6.61 Å². The number of carbonyl (C=O) groups is 1. The smallest absolute Gasteiger partial charge is 0.150 e. The summed E-state index contributed by atoms with van der Waals surface area (Å²) < 4.78 is 6.85. The third kappa shape index (κ3) is 3.88. The predicted octanol–water partition coefficient (Wildman–Crippen LogP) is 5.51. The number of rotatable bonds is 5. The van der Waals surface area contributed by atoms with Crippen LogP contribution in [0.25, 0.3) is 11.1 Å². The first kappa shape index (κ1) is 15.5. The molecule has 0 amide bonds. The number of aldehydes is 1. The van der Waals surface area contributed by atoms with E-state index in [4.69, 9.17) is 4.74 Å². The average molecular weight is 367 g/mol. The molecular formula is C20H15BrO2. The lowest BCUT2D eigenvalue weighted by Gasteiger charge is -2.11. The van der Waals surface area contributed by atoms with Gasteiger partial charge in [0.05, 0.1) is 4.47 Å². The molecule has 23 heavy (non-hydrogen) atoms. The Bertz CT molecular complexity index is 796. The summed E-state index contributed by atoms with van der Waals surface area (Å²) >= 11 is 3.53. The molecule has 0 atom stereocenters. The number of carbonyl (C=O) groups excluding carboxylic acids is 1. The minimum atomic E-state index is 0.521. The van der Waals surface area contributed by atoms with E-state index in [9.17, 15) is 4.79 Å². The monoisotopic (exact) mass is 366 g/mol. The number of hydrogen-bond acceptors (Lipinski definition) is 2. The van der Waals surface area contributed by atoms with Crippen molar-refractivity contribution in [2.75, 3.05) is 0 Å². The summed E-state index contributed by atoms with van der Waals surface area (Å²) in [6.07, 6.45) is 0.847. The van der Waals surface area contributed by atoms with Gasteiger partial charge in [-0.25, -0.2) is 0 Å². The van der Waals surface area contributed by atoms with Crippen LogP contribution in [0, 0.1) is 0 Å². The second kappa shape index (κ2) is 7.25. The molecule has 0 fully saturated rings. The Hall–Kier alpha value is -2.39. The molecule has 3 heteroatoms. The molecule has 0 spiro atoms. The lowest BCUT2D eigenvalue weighted by Crippen LogP contribution is -1.96. The minimum Gasteiger partial charge on any atom is -0.488 e. The van der Waals surface area contributed by atoms with E-state index in [1.165, 1.54) is 0 Å². The molecule has 0 unspecified atom stereocenters. The third-order valence-corrected chi connectivity index (χ3v) is 4.20. The van der Waals surface area contributed by atoms with Crippen molar-refractivity contribution < 1.29 is 9.53 Å². The van der Waals surface area contributed by atoms with Gasteiger partial charge in [0.15, 0.2) is 0 Å². The van der Waals surface area contributed by atoms with E-state index >= 15 is 0 Å². The molecule has 0 heterocycles. The first-order chi connectivity index (χ1) is 11.3. The van der Waals surface area contributed by atoms with Crippen LogP contribution < -0.4 is 4.74 Å². The molecule has 0 aliphatic rings. The molecule has 0 aliphatic heterocycles. The van der Waals surface area contributed by atoms with Gasteiger partial charge in [-0.15, -0.1) is 0 Å². The molecule has 0 N–H and O–H groups in total. The standard InChI is InChI=1S/C20H15BrO2/c21-19-11-10-18(17-8-6-15(13-22)7-9-17)12-20(19)23-14-16-4-2-1-3-5-16/h1-13H,14H2. The van der Waals surface area contributed by atoms with Gasteiger partial charge in [0.2, 0.25) is 0 Å². The van der Waals surface area contributed by atoms with Crippen molar-refractivity contribution in [3.63, 3.8) is 0 Å². The fourth-order valence-electron chi connectivity index (χ4n) is 2.28. The van der Waals surface area contributed by atoms with Gasteiger partial charge >= 0.3 is 0 Å². The van der Waals surface area contributed by atoms with Crippen molar-refractivity contribution in [3.05, 3.63) is 88.4 Å². The number of hydrogen-bond donors (Lipinski definition) is 0. The van der Waals surface area contributed by atoms with Gasteiger partial charge < -0.3 is 4.74 Å². The second-order valence-electron chi connectivity index (χ2n) is 5.16. The van der Waals surface area contributed by atoms with Crippen LogP contribution in [0.15, 0.2) is 77.3 Å². The summed E-state index contributed by atoms with van der Waals surface area (Å²) in [7, 11) is 0. The zero-order valence-corrected chi connectivity index (χ0v) is 14.0. The van der Waals surface area contributed by atoms with Gasteiger partial charge in [0, 0.05) is 5.56 Å². The maximum Gasteiger partial charge on any atom is 0.150 e.